The molecule has 1 aromatic rings. The Morgan fingerprint density at radius 1 is 1.22 bits per heavy atom. The summed E-state index contributed by atoms with van der Waals surface area (Å²) in [7, 11) is -3.50. The summed E-state index contributed by atoms with van der Waals surface area (Å²) in [6.45, 7) is 4.36. The lowest BCUT2D eigenvalue weighted by molar-refractivity contribution is 0.299. The van der Waals surface area contributed by atoms with Crippen molar-refractivity contribution in [3.05, 3.63) is 29.8 Å². The standard InChI is InChI=1S/C12H20N2O3S/c1-10(2)9-13-18(16,17)14-12-5-3-11(4-6-12)7-8-15/h3-6,10,13-15H,7-9H2,1-2H3. The number of rotatable bonds is 7. The minimum atomic E-state index is -3.50. The van der Waals surface area contributed by atoms with Crippen molar-refractivity contribution in [3.8, 4) is 0 Å². The van der Waals surface area contributed by atoms with Crippen LogP contribution in [0.25, 0.3) is 0 Å². The predicted molar refractivity (Wildman–Crippen MR) is 72.6 cm³/mol. The summed E-state index contributed by atoms with van der Waals surface area (Å²) in [6.07, 6.45) is 0.568. The molecule has 0 spiro atoms. The summed E-state index contributed by atoms with van der Waals surface area (Å²) in [4.78, 5) is 0. The highest BCUT2D eigenvalue weighted by molar-refractivity contribution is 7.90. The first-order valence-corrected chi connectivity index (χ1v) is 7.38. The van der Waals surface area contributed by atoms with Crippen LogP contribution in [0.1, 0.15) is 19.4 Å². The molecular formula is C12H20N2O3S. The first kappa shape index (κ1) is 14.9. The van der Waals surface area contributed by atoms with Crippen LogP contribution in [0.5, 0.6) is 0 Å². The third-order valence-corrected chi connectivity index (χ3v) is 3.34. The zero-order valence-electron chi connectivity index (χ0n) is 10.7. The van der Waals surface area contributed by atoms with Gasteiger partial charge in [0, 0.05) is 18.8 Å². The van der Waals surface area contributed by atoms with Crippen molar-refractivity contribution >= 4 is 15.9 Å². The van der Waals surface area contributed by atoms with Gasteiger partial charge in [0.25, 0.3) is 10.2 Å². The van der Waals surface area contributed by atoms with Gasteiger partial charge in [0.2, 0.25) is 0 Å². The van der Waals surface area contributed by atoms with Gasteiger partial charge in [-0.2, -0.15) is 13.1 Å². The topological polar surface area (TPSA) is 78.4 Å². The average Bonchev–Trinajstić information content (AvgIpc) is 2.29. The zero-order chi connectivity index (χ0) is 13.6. The molecule has 0 bridgehead atoms. The molecule has 102 valence electrons. The maximum absolute atomic E-state index is 11.7. The highest BCUT2D eigenvalue weighted by atomic mass is 32.2. The van der Waals surface area contributed by atoms with Gasteiger partial charge in [-0.25, -0.2) is 0 Å². The van der Waals surface area contributed by atoms with Crippen LogP contribution in [0.15, 0.2) is 24.3 Å². The predicted octanol–water partition coefficient (Wildman–Crippen LogP) is 1.12. The largest absolute Gasteiger partial charge is 0.396 e. The van der Waals surface area contributed by atoms with Gasteiger partial charge in [-0.1, -0.05) is 26.0 Å². The van der Waals surface area contributed by atoms with Crippen molar-refractivity contribution in [1.82, 2.24) is 4.72 Å². The fourth-order valence-corrected chi connectivity index (χ4v) is 2.41. The van der Waals surface area contributed by atoms with E-state index in [4.69, 9.17) is 5.11 Å². The van der Waals surface area contributed by atoms with E-state index in [1.54, 1.807) is 24.3 Å². The van der Waals surface area contributed by atoms with Gasteiger partial charge in [-0.3, -0.25) is 4.72 Å². The molecule has 0 fully saturated rings. The van der Waals surface area contributed by atoms with E-state index in [1.807, 2.05) is 13.8 Å². The van der Waals surface area contributed by atoms with Gasteiger partial charge in [-0.05, 0) is 30.0 Å². The van der Waals surface area contributed by atoms with Gasteiger partial charge in [0.1, 0.15) is 0 Å². The molecule has 0 radical (unpaired) electrons. The quantitative estimate of drug-likeness (QED) is 0.696. The number of anilines is 1. The molecule has 0 aromatic heterocycles. The van der Waals surface area contributed by atoms with E-state index >= 15 is 0 Å². The second-order valence-electron chi connectivity index (χ2n) is 4.52. The molecule has 1 rings (SSSR count). The normalized spacial score (nSPS) is 11.8. The van der Waals surface area contributed by atoms with Gasteiger partial charge >= 0.3 is 0 Å². The molecule has 0 saturated heterocycles. The number of benzene rings is 1. The Morgan fingerprint density at radius 3 is 2.33 bits per heavy atom. The molecule has 5 nitrogen and oxygen atoms in total. The summed E-state index contributed by atoms with van der Waals surface area (Å²) in [5.74, 6) is 0.258. The molecule has 3 N–H and O–H groups in total. The monoisotopic (exact) mass is 272 g/mol. The first-order valence-electron chi connectivity index (χ1n) is 5.90. The Morgan fingerprint density at radius 2 is 1.83 bits per heavy atom. The van der Waals surface area contributed by atoms with Crippen LogP contribution in [0.2, 0.25) is 0 Å². The second kappa shape index (κ2) is 6.72. The molecule has 6 heteroatoms. The van der Waals surface area contributed by atoms with Crippen molar-refractivity contribution in [2.24, 2.45) is 5.92 Å². The number of hydrogen-bond donors (Lipinski definition) is 3. The molecule has 0 aliphatic carbocycles. The summed E-state index contributed by atoms with van der Waals surface area (Å²) in [5.41, 5.74) is 1.48. The third-order valence-electron chi connectivity index (χ3n) is 2.29. The lowest BCUT2D eigenvalue weighted by atomic mass is 10.1. The summed E-state index contributed by atoms with van der Waals surface area (Å²) in [5, 5.41) is 8.78. The Hall–Kier alpha value is -1.11. The van der Waals surface area contributed by atoms with E-state index in [0.717, 1.165) is 5.56 Å². The van der Waals surface area contributed by atoms with Crippen molar-refractivity contribution in [3.63, 3.8) is 0 Å². The van der Waals surface area contributed by atoms with Gasteiger partial charge < -0.3 is 5.11 Å². The van der Waals surface area contributed by atoms with Crippen LogP contribution >= 0.6 is 0 Å². The van der Waals surface area contributed by atoms with Crippen LogP contribution in [-0.4, -0.2) is 26.7 Å². The summed E-state index contributed by atoms with van der Waals surface area (Å²) >= 11 is 0. The molecule has 18 heavy (non-hydrogen) atoms. The second-order valence-corrected chi connectivity index (χ2v) is 6.02. The zero-order valence-corrected chi connectivity index (χ0v) is 11.5. The van der Waals surface area contributed by atoms with E-state index in [0.29, 0.717) is 18.7 Å². The lowest BCUT2D eigenvalue weighted by Crippen LogP contribution is -2.32. The van der Waals surface area contributed by atoms with Crippen LogP contribution < -0.4 is 9.44 Å². The molecule has 0 unspecified atom stereocenters. The Labute approximate surface area is 108 Å². The van der Waals surface area contributed by atoms with E-state index in [1.165, 1.54) is 0 Å². The lowest BCUT2D eigenvalue weighted by Gasteiger charge is -2.11. The minimum Gasteiger partial charge on any atom is -0.396 e. The summed E-state index contributed by atoms with van der Waals surface area (Å²) < 4.78 is 28.2. The molecule has 0 heterocycles. The van der Waals surface area contributed by atoms with E-state index in [-0.39, 0.29) is 12.5 Å². The van der Waals surface area contributed by atoms with Crippen molar-refractivity contribution in [2.75, 3.05) is 17.9 Å². The summed E-state index contributed by atoms with van der Waals surface area (Å²) in [6, 6.07) is 6.94. The highest BCUT2D eigenvalue weighted by Crippen LogP contribution is 2.11. The third kappa shape index (κ3) is 5.48. The highest BCUT2D eigenvalue weighted by Gasteiger charge is 2.09. The van der Waals surface area contributed by atoms with E-state index < -0.39 is 10.2 Å². The number of nitrogens with one attached hydrogen (secondary N) is 2. The van der Waals surface area contributed by atoms with Crippen molar-refractivity contribution < 1.29 is 13.5 Å². The van der Waals surface area contributed by atoms with E-state index in [9.17, 15) is 8.42 Å². The first-order chi connectivity index (χ1) is 8.43. The van der Waals surface area contributed by atoms with Crippen LogP contribution in [0.3, 0.4) is 0 Å². The SMILES string of the molecule is CC(C)CNS(=O)(=O)Nc1ccc(CCO)cc1. The minimum absolute atomic E-state index is 0.0843. The fraction of sp³-hybridized carbons (Fsp3) is 0.500. The maximum atomic E-state index is 11.7. The fourth-order valence-electron chi connectivity index (χ4n) is 1.34. The number of aliphatic hydroxyl groups is 1. The maximum Gasteiger partial charge on any atom is 0.299 e. The smallest absolute Gasteiger partial charge is 0.299 e. The van der Waals surface area contributed by atoms with Gasteiger partial charge in [-0.15, -0.1) is 0 Å². The van der Waals surface area contributed by atoms with Crippen LogP contribution in [0, 0.1) is 5.92 Å². The Balaban J connectivity index is 2.61. The van der Waals surface area contributed by atoms with Crippen LogP contribution in [0.4, 0.5) is 5.69 Å². The van der Waals surface area contributed by atoms with Crippen molar-refractivity contribution in [2.45, 2.75) is 20.3 Å². The molecule has 0 aliphatic rings. The number of hydrogen-bond acceptors (Lipinski definition) is 3. The Bertz CT molecular complexity index is 455. The van der Waals surface area contributed by atoms with Crippen LogP contribution in [-0.2, 0) is 16.6 Å². The average molecular weight is 272 g/mol. The van der Waals surface area contributed by atoms with E-state index in [2.05, 4.69) is 9.44 Å². The molecule has 0 aliphatic heterocycles. The molecule has 0 atom stereocenters. The van der Waals surface area contributed by atoms with Crippen molar-refractivity contribution in [1.29, 1.82) is 0 Å². The Kier molecular flexibility index (Phi) is 5.58. The molecular weight excluding hydrogens is 252 g/mol. The molecule has 1 aromatic carbocycles. The molecule has 0 amide bonds. The van der Waals surface area contributed by atoms with Gasteiger partial charge in [0.15, 0.2) is 0 Å². The van der Waals surface area contributed by atoms with Gasteiger partial charge in [0.05, 0.1) is 0 Å². The molecule has 0 saturated carbocycles. The number of aliphatic hydroxyl groups excluding tert-OH is 1.